The maximum absolute atomic E-state index is 14.3. The number of carbonyl (C=O) groups excluding carboxylic acids is 4. The number of nitrogens with one attached hydrogen (secondary N) is 2. The lowest BCUT2D eigenvalue weighted by Crippen LogP contribution is -2.54. The van der Waals surface area contributed by atoms with Crippen molar-refractivity contribution in [1.82, 2.24) is 10.2 Å². The Labute approximate surface area is 240 Å². The molecule has 4 amide bonds. The number of rotatable bonds is 9. The summed E-state index contributed by atoms with van der Waals surface area (Å²) < 4.78 is 5.34. The lowest BCUT2D eigenvalue weighted by atomic mass is 9.95. The second-order valence-electron chi connectivity index (χ2n) is 11.6. The lowest BCUT2D eigenvalue weighted by Gasteiger charge is -2.35. The van der Waals surface area contributed by atoms with E-state index < -0.39 is 47.9 Å². The van der Waals surface area contributed by atoms with E-state index in [1.54, 1.807) is 32.9 Å². The van der Waals surface area contributed by atoms with Crippen molar-refractivity contribution in [3.8, 4) is 0 Å². The monoisotopic (exact) mass is 570 g/mol. The molecule has 0 spiro atoms. The number of hydrogen-bond acceptors (Lipinski definition) is 5. The molecule has 9 nitrogen and oxygen atoms in total. The van der Waals surface area contributed by atoms with Gasteiger partial charge in [0.15, 0.2) is 0 Å². The molecule has 3 rings (SSSR count). The maximum atomic E-state index is 14.3. The molecule has 1 aliphatic rings. The van der Waals surface area contributed by atoms with Gasteiger partial charge < -0.3 is 26.0 Å². The Kier molecular flexibility index (Phi) is 9.51. The fraction of sp³-hybridized carbons (Fsp3) is 0.467. The summed E-state index contributed by atoms with van der Waals surface area (Å²) in [6, 6.07) is 8.28. The van der Waals surface area contributed by atoms with Crippen LogP contribution in [0.2, 0.25) is 5.02 Å². The van der Waals surface area contributed by atoms with Crippen LogP contribution >= 0.6 is 11.6 Å². The van der Waals surface area contributed by atoms with Gasteiger partial charge in [0.25, 0.3) is 5.91 Å². The predicted molar refractivity (Wildman–Crippen MR) is 155 cm³/mol. The number of ether oxygens (including phenoxy) is 1. The zero-order valence-electron chi connectivity index (χ0n) is 24.1. The van der Waals surface area contributed by atoms with E-state index in [-0.39, 0.29) is 12.0 Å². The number of nitrogens with two attached hydrogens (primary N) is 1. The van der Waals surface area contributed by atoms with Crippen molar-refractivity contribution >= 4 is 41.1 Å². The topological polar surface area (TPSA) is 131 Å². The molecule has 0 heterocycles. The van der Waals surface area contributed by atoms with Gasteiger partial charge in [0, 0.05) is 6.04 Å². The third-order valence-electron chi connectivity index (χ3n) is 6.80. The van der Waals surface area contributed by atoms with Crippen molar-refractivity contribution in [1.29, 1.82) is 0 Å². The molecule has 4 N–H and O–H groups in total. The van der Waals surface area contributed by atoms with E-state index in [4.69, 9.17) is 22.1 Å². The molecule has 216 valence electrons. The summed E-state index contributed by atoms with van der Waals surface area (Å²) in [6.45, 7) is 12.6. The van der Waals surface area contributed by atoms with Crippen LogP contribution in [0.4, 0.5) is 10.5 Å². The summed E-state index contributed by atoms with van der Waals surface area (Å²) in [4.78, 5) is 54.6. The first-order chi connectivity index (χ1) is 18.6. The molecule has 0 saturated heterocycles. The number of para-hydroxylation sites is 1. The minimum absolute atomic E-state index is 0.0992. The molecule has 2 aromatic rings. The van der Waals surface area contributed by atoms with E-state index in [0.717, 1.165) is 16.7 Å². The SMILES string of the molecule is Cc1ccc(C)c(C(C(=O)Nc2c(C)cccc2Cl)N(C(=O)C(CC(N)=O)NC(=O)OC(C)(C)C)C2CC2C)c1. The normalized spacial score (nSPS) is 17.8. The Bertz CT molecular complexity index is 1290. The maximum Gasteiger partial charge on any atom is 0.408 e. The number of anilines is 1. The number of hydrogen-bond donors (Lipinski definition) is 3. The number of aryl methyl sites for hydroxylation is 3. The van der Waals surface area contributed by atoms with Gasteiger partial charge in [-0.05, 0) is 76.6 Å². The number of benzene rings is 2. The third kappa shape index (κ3) is 7.75. The fourth-order valence-electron chi connectivity index (χ4n) is 4.66. The summed E-state index contributed by atoms with van der Waals surface area (Å²) in [5, 5.41) is 5.82. The third-order valence-corrected chi connectivity index (χ3v) is 7.11. The molecule has 0 radical (unpaired) electrons. The van der Waals surface area contributed by atoms with Crippen molar-refractivity contribution < 1.29 is 23.9 Å². The molecule has 0 bridgehead atoms. The zero-order chi connectivity index (χ0) is 29.9. The molecule has 1 fully saturated rings. The second-order valence-corrected chi connectivity index (χ2v) is 12.0. The van der Waals surface area contributed by atoms with E-state index in [1.807, 2.05) is 52.0 Å². The van der Waals surface area contributed by atoms with E-state index in [2.05, 4.69) is 10.6 Å². The highest BCUT2D eigenvalue weighted by atomic mass is 35.5. The van der Waals surface area contributed by atoms with Gasteiger partial charge in [-0.2, -0.15) is 0 Å². The quantitative estimate of drug-likeness (QED) is 0.392. The molecule has 2 aromatic carbocycles. The van der Waals surface area contributed by atoms with Crippen LogP contribution in [-0.2, 0) is 19.1 Å². The van der Waals surface area contributed by atoms with Crippen molar-refractivity contribution in [2.24, 2.45) is 11.7 Å². The summed E-state index contributed by atoms with van der Waals surface area (Å²) in [6.07, 6.45) is -0.669. The van der Waals surface area contributed by atoms with Crippen LogP contribution in [0.5, 0.6) is 0 Å². The molecule has 0 aliphatic heterocycles. The van der Waals surface area contributed by atoms with Gasteiger partial charge >= 0.3 is 6.09 Å². The summed E-state index contributed by atoms with van der Waals surface area (Å²) in [5.41, 5.74) is 8.20. The Hall–Kier alpha value is -3.59. The molecule has 1 saturated carbocycles. The molecule has 4 unspecified atom stereocenters. The first-order valence-electron chi connectivity index (χ1n) is 13.3. The van der Waals surface area contributed by atoms with Crippen molar-refractivity contribution in [3.63, 3.8) is 0 Å². The van der Waals surface area contributed by atoms with Gasteiger partial charge in [-0.1, -0.05) is 54.4 Å². The molecular formula is C30H39ClN4O5. The van der Waals surface area contributed by atoms with E-state index in [0.29, 0.717) is 22.7 Å². The van der Waals surface area contributed by atoms with Gasteiger partial charge in [-0.15, -0.1) is 0 Å². The molecular weight excluding hydrogens is 532 g/mol. The minimum Gasteiger partial charge on any atom is -0.444 e. The molecule has 1 aliphatic carbocycles. The Morgan fingerprint density at radius 1 is 1.10 bits per heavy atom. The summed E-state index contributed by atoms with van der Waals surface area (Å²) >= 11 is 6.43. The summed E-state index contributed by atoms with van der Waals surface area (Å²) in [7, 11) is 0. The number of halogens is 1. The molecule has 4 atom stereocenters. The Morgan fingerprint density at radius 2 is 1.75 bits per heavy atom. The van der Waals surface area contributed by atoms with Crippen LogP contribution in [0.1, 0.15) is 68.8 Å². The minimum atomic E-state index is -1.33. The van der Waals surface area contributed by atoms with Crippen LogP contribution in [0.3, 0.4) is 0 Å². The van der Waals surface area contributed by atoms with Crippen LogP contribution in [0.25, 0.3) is 0 Å². The second kappa shape index (κ2) is 12.3. The highest BCUT2D eigenvalue weighted by Crippen LogP contribution is 2.42. The van der Waals surface area contributed by atoms with E-state index in [9.17, 15) is 19.2 Å². The van der Waals surface area contributed by atoms with Crippen molar-refractivity contribution in [3.05, 3.63) is 63.7 Å². The average molecular weight is 571 g/mol. The predicted octanol–water partition coefficient (Wildman–Crippen LogP) is 4.95. The van der Waals surface area contributed by atoms with Crippen LogP contribution in [0, 0.1) is 26.7 Å². The molecule has 10 heteroatoms. The number of nitrogens with zero attached hydrogens (tertiary/aromatic N) is 1. The number of carbonyl (C=O) groups is 4. The smallest absolute Gasteiger partial charge is 0.408 e. The van der Waals surface area contributed by atoms with Gasteiger partial charge in [0.05, 0.1) is 17.1 Å². The van der Waals surface area contributed by atoms with E-state index >= 15 is 0 Å². The van der Waals surface area contributed by atoms with Gasteiger partial charge in [-0.25, -0.2) is 4.79 Å². The number of primary amides is 1. The lowest BCUT2D eigenvalue weighted by molar-refractivity contribution is -0.142. The molecule has 40 heavy (non-hydrogen) atoms. The van der Waals surface area contributed by atoms with Crippen LogP contribution < -0.4 is 16.4 Å². The zero-order valence-corrected chi connectivity index (χ0v) is 24.9. The number of amides is 4. The van der Waals surface area contributed by atoms with Crippen LogP contribution in [-0.4, -0.2) is 46.4 Å². The van der Waals surface area contributed by atoms with Crippen LogP contribution in [0.15, 0.2) is 36.4 Å². The van der Waals surface area contributed by atoms with Gasteiger partial charge in [0.2, 0.25) is 11.8 Å². The molecule has 0 aromatic heterocycles. The fourth-order valence-corrected chi connectivity index (χ4v) is 4.93. The van der Waals surface area contributed by atoms with E-state index in [1.165, 1.54) is 4.90 Å². The first-order valence-corrected chi connectivity index (χ1v) is 13.7. The van der Waals surface area contributed by atoms with Gasteiger partial charge in [0.1, 0.15) is 17.7 Å². The van der Waals surface area contributed by atoms with Gasteiger partial charge in [-0.3, -0.25) is 14.4 Å². The summed E-state index contributed by atoms with van der Waals surface area (Å²) in [5.74, 6) is -1.75. The first kappa shape index (κ1) is 30.9. The Morgan fingerprint density at radius 3 is 2.30 bits per heavy atom. The number of alkyl carbamates (subject to hydrolysis) is 1. The largest absolute Gasteiger partial charge is 0.444 e. The average Bonchev–Trinajstić information content (AvgIpc) is 3.54. The standard InChI is InChI=1S/C30H39ClN4O5/c1-16-11-12-17(2)20(13-16)26(27(37)34-25-18(3)9-8-10-21(25)31)35(23-14-19(23)4)28(38)22(15-24(32)36)33-29(39)40-30(5,6)7/h8-13,19,22-23,26H,14-15H2,1-7H3,(H2,32,36)(H,33,39)(H,34,37). The highest BCUT2D eigenvalue weighted by Gasteiger charge is 2.48. The van der Waals surface area contributed by atoms with Crippen molar-refractivity contribution in [2.75, 3.05) is 5.32 Å². The Balaban J connectivity index is 2.11. The highest BCUT2D eigenvalue weighted by molar-refractivity contribution is 6.34. The van der Waals surface area contributed by atoms with Crippen molar-refractivity contribution in [2.45, 2.75) is 85.0 Å².